The van der Waals surface area contributed by atoms with Crippen LogP contribution in [0.5, 0.6) is 0 Å². The van der Waals surface area contributed by atoms with Gasteiger partial charge in [-0.25, -0.2) is 9.59 Å². The van der Waals surface area contributed by atoms with E-state index in [1.165, 1.54) is 12.2 Å². The first kappa shape index (κ1) is 9.47. The van der Waals surface area contributed by atoms with E-state index in [4.69, 9.17) is 10.2 Å². The first-order valence-corrected chi connectivity index (χ1v) is 3.53. The van der Waals surface area contributed by atoms with Gasteiger partial charge in [0.05, 0.1) is 0 Å². The SMILES string of the molecule is O=C(O)C1=CC=CC(O)(C(=O)O)C1. The molecule has 5 nitrogen and oxygen atoms in total. The summed E-state index contributed by atoms with van der Waals surface area (Å²) in [6.07, 6.45) is 3.14. The van der Waals surface area contributed by atoms with E-state index >= 15 is 0 Å². The van der Waals surface area contributed by atoms with Crippen molar-refractivity contribution < 1.29 is 24.9 Å². The molecule has 1 rings (SSSR count). The summed E-state index contributed by atoms with van der Waals surface area (Å²) in [6, 6.07) is 0. The number of hydrogen-bond donors (Lipinski definition) is 3. The van der Waals surface area contributed by atoms with Crippen molar-refractivity contribution in [2.45, 2.75) is 12.0 Å². The molecule has 3 N–H and O–H groups in total. The summed E-state index contributed by atoms with van der Waals surface area (Å²) < 4.78 is 0. The molecule has 0 spiro atoms. The Morgan fingerprint density at radius 1 is 1.38 bits per heavy atom. The Morgan fingerprint density at radius 3 is 2.46 bits per heavy atom. The second-order valence-electron chi connectivity index (χ2n) is 2.76. The summed E-state index contributed by atoms with van der Waals surface area (Å²) in [5.74, 6) is -2.67. The number of aliphatic carboxylic acids is 2. The third kappa shape index (κ3) is 1.75. The second kappa shape index (κ2) is 3.02. The van der Waals surface area contributed by atoms with Crippen LogP contribution in [0.3, 0.4) is 0 Å². The summed E-state index contributed by atoms with van der Waals surface area (Å²) in [5.41, 5.74) is -2.20. The first-order valence-electron chi connectivity index (χ1n) is 3.53. The molecule has 1 unspecified atom stereocenters. The van der Waals surface area contributed by atoms with Crippen molar-refractivity contribution in [2.24, 2.45) is 0 Å². The number of carboxylic acid groups (broad SMARTS) is 2. The number of allylic oxidation sites excluding steroid dienone is 2. The Bertz CT molecular complexity index is 314. The quantitative estimate of drug-likeness (QED) is 0.551. The third-order valence-electron chi connectivity index (χ3n) is 1.77. The fourth-order valence-electron chi connectivity index (χ4n) is 1.03. The molecule has 0 radical (unpaired) electrons. The van der Waals surface area contributed by atoms with Gasteiger partial charge in [0, 0.05) is 12.0 Å². The molecule has 70 valence electrons. The molecule has 0 amide bonds. The Morgan fingerprint density at radius 2 is 2.00 bits per heavy atom. The lowest BCUT2D eigenvalue weighted by Crippen LogP contribution is -2.38. The largest absolute Gasteiger partial charge is 0.479 e. The molecule has 0 aromatic carbocycles. The average molecular weight is 184 g/mol. The van der Waals surface area contributed by atoms with Crippen molar-refractivity contribution in [1.82, 2.24) is 0 Å². The van der Waals surface area contributed by atoms with Gasteiger partial charge in [-0.2, -0.15) is 0 Å². The number of rotatable bonds is 2. The highest BCUT2D eigenvalue weighted by Crippen LogP contribution is 2.23. The van der Waals surface area contributed by atoms with Crippen molar-refractivity contribution in [1.29, 1.82) is 0 Å². The van der Waals surface area contributed by atoms with Crippen LogP contribution in [-0.4, -0.2) is 32.9 Å². The monoisotopic (exact) mass is 184 g/mol. The zero-order valence-corrected chi connectivity index (χ0v) is 6.60. The Balaban J connectivity index is 2.92. The number of aliphatic hydroxyl groups is 1. The molecule has 0 aromatic rings. The first-order chi connectivity index (χ1) is 5.96. The van der Waals surface area contributed by atoms with Crippen LogP contribution in [0.2, 0.25) is 0 Å². The van der Waals surface area contributed by atoms with Crippen molar-refractivity contribution in [3.8, 4) is 0 Å². The van der Waals surface area contributed by atoms with Gasteiger partial charge in [0.25, 0.3) is 0 Å². The molecule has 0 saturated heterocycles. The maximum Gasteiger partial charge on any atom is 0.340 e. The lowest BCUT2D eigenvalue weighted by atomic mass is 9.90. The maximum atomic E-state index is 10.5. The molecule has 0 bridgehead atoms. The van der Waals surface area contributed by atoms with E-state index in [1.54, 1.807) is 0 Å². The fourth-order valence-corrected chi connectivity index (χ4v) is 1.03. The van der Waals surface area contributed by atoms with Crippen LogP contribution in [0.15, 0.2) is 23.8 Å². The van der Waals surface area contributed by atoms with E-state index in [-0.39, 0.29) is 5.57 Å². The van der Waals surface area contributed by atoms with E-state index in [9.17, 15) is 14.7 Å². The molecule has 1 aliphatic carbocycles. The van der Waals surface area contributed by atoms with Gasteiger partial charge in [0.15, 0.2) is 5.60 Å². The van der Waals surface area contributed by atoms with Crippen LogP contribution in [0.25, 0.3) is 0 Å². The van der Waals surface area contributed by atoms with Gasteiger partial charge in [-0.05, 0) is 6.08 Å². The Hall–Kier alpha value is -1.62. The second-order valence-corrected chi connectivity index (χ2v) is 2.76. The van der Waals surface area contributed by atoms with Gasteiger partial charge < -0.3 is 15.3 Å². The number of hydrogen-bond acceptors (Lipinski definition) is 3. The Labute approximate surface area is 73.6 Å². The highest BCUT2D eigenvalue weighted by molar-refractivity contribution is 5.91. The van der Waals surface area contributed by atoms with Crippen LogP contribution < -0.4 is 0 Å². The summed E-state index contributed by atoms with van der Waals surface area (Å²) >= 11 is 0. The number of carboxylic acids is 2. The summed E-state index contributed by atoms with van der Waals surface area (Å²) in [6.45, 7) is 0. The summed E-state index contributed by atoms with van der Waals surface area (Å²) in [5, 5.41) is 26.5. The molecule has 0 heterocycles. The highest BCUT2D eigenvalue weighted by atomic mass is 16.4. The minimum absolute atomic E-state index is 0.118. The number of carbonyl (C=O) groups is 2. The molecule has 1 atom stereocenters. The normalized spacial score (nSPS) is 26.7. The van der Waals surface area contributed by atoms with E-state index in [0.29, 0.717) is 0 Å². The predicted octanol–water partition coefficient (Wildman–Crippen LogP) is -0.227. The molecule has 5 heteroatoms. The molecular formula is C8H8O5. The van der Waals surface area contributed by atoms with Gasteiger partial charge >= 0.3 is 11.9 Å². The van der Waals surface area contributed by atoms with Gasteiger partial charge in [-0.15, -0.1) is 0 Å². The van der Waals surface area contributed by atoms with E-state index in [1.807, 2.05) is 0 Å². The molecule has 0 fully saturated rings. The van der Waals surface area contributed by atoms with Gasteiger partial charge in [-0.3, -0.25) is 0 Å². The standard InChI is InChI=1S/C8H8O5/c9-6(10)5-2-1-3-8(13,4-5)7(11)12/h1-3,13H,4H2,(H,9,10)(H,11,12). The average Bonchev–Trinajstić information content (AvgIpc) is 2.04. The van der Waals surface area contributed by atoms with Crippen LogP contribution in [-0.2, 0) is 9.59 Å². The van der Waals surface area contributed by atoms with Crippen molar-refractivity contribution in [2.75, 3.05) is 0 Å². The van der Waals surface area contributed by atoms with Gasteiger partial charge in [0.1, 0.15) is 0 Å². The fraction of sp³-hybridized carbons (Fsp3) is 0.250. The molecule has 1 aliphatic rings. The van der Waals surface area contributed by atoms with Crippen molar-refractivity contribution in [3.63, 3.8) is 0 Å². The van der Waals surface area contributed by atoms with Crippen LogP contribution in [0.1, 0.15) is 6.42 Å². The van der Waals surface area contributed by atoms with Crippen molar-refractivity contribution >= 4 is 11.9 Å². The Kier molecular flexibility index (Phi) is 2.20. The zero-order chi connectivity index (χ0) is 10.1. The van der Waals surface area contributed by atoms with Crippen LogP contribution >= 0.6 is 0 Å². The topological polar surface area (TPSA) is 94.8 Å². The van der Waals surface area contributed by atoms with Gasteiger partial charge in [0.2, 0.25) is 0 Å². The smallest absolute Gasteiger partial charge is 0.340 e. The molecule has 0 aromatic heterocycles. The zero-order valence-electron chi connectivity index (χ0n) is 6.60. The van der Waals surface area contributed by atoms with E-state index < -0.39 is 24.0 Å². The maximum absolute atomic E-state index is 10.5. The van der Waals surface area contributed by atoms with Crippen LogP contribution in [0, 0.1) is 0 Å². The molecular weight excluding hydrogens is 176 g/mol. The predicted molar refractivity (Wildman–Crippen MR) is 42.1 cm³/mol. The van der Waals surface area contributed by atoms with Crippen molar-refractivity contribution in [3.05, 3.63) is 23.8 Å². The van der Waals surface area contributed by atoms with E-state index in [2.05, 4.69) is 0 Å². The van der Waals surface area contributed by atoms with Gasteiger partial charge in [-0.1, -0.05) is 12.2 Å². The minimum Gasteiger partial charge on any atom is -0.479 e. The third-order valence-corrected chi connectivity index (χ3v) is 1.77. The summed E-state index contributed by atoms with van der Waals surface area (Å²) in [7, 11) is 0. The minimum atomic E-state index is -2.08. The summed E-state index contributed by atoms with van der Waals surface area (Å²) in [4.78, 5) is 21.0. The van der Waals surface area contributed by atoms with E-state index in [0.717, 1.165) is 6.08 Å². The van der Waals surface area contributed by atoms with Crippen LogP contribution in [0.4, 0.5) is 0 Å². The lowest BCUT2D eigenvalue weighted by molar-refractivity contribution is -0.153. The highest BCUT2D eigenvalue weighted by Gasteiger charge is 2.36. The molecule has 13 heavy (non-hydrogen) atoms. The lowest BCUT2D eigenvalue weighted by Gasteiger charge is -2.21. The molecule has 0 aliphatic heterocycles. The molecule has 0 saturated carbocycles.